The van der Waals surface area contributed by atoms with Crippen molar-refractivity contribution in [3.05, 3.63) is 36.7 Å². The van der Waals surface area contributed by atoms with Crippen LogP contribution in [0.2, 0.25) is 0 Å². The molecule has 1 amide bonds. The minimum absolute atomic E-state index is 0.309. The molecular weight excluding hydrogens is 353 g/mol. The fourth-order valence-corrected chi connectivity index (χ4v) is 2.92. The molecule has 1 N–H and O–H groups in total. The van der Waals surface area contributed by atoms with Gasteiger partial charge in [-0.3, -0.25) is 9.59 Å². The van der Waals surface area contributed by atoms with Crippen LogP contribution < -0.4 is 0 Å². The summed E-state index contributed by atoms with van der Waals surface area (Å²) in [5.41, 5.74) is 0.739. The monoisotopic (exact) mass is 368 g/mol. The number of likely N-dealkylation sites (tertiary alicyclic amines) is 1. The number of aliphatic carboxylic acids is 1. The van der Waals surface area contributed by atoms with Gasteiger partial charge in [-0.25, -0.2) is 9.67 Å². The molecule has 0 spiro atoms. The number of carbonyl (C=O) groups excluding carboxylic acids is 1. The first-order valence-corrected chi connectivity index (χ1v) is 7.78. The summed E-state index contributed by atoms with van der Waals surface area (Å²) in [7, 11) is 0. The average molecular weight is 368 g/mol. The molecule has 10 heteroatoms. The van der Waals surface area contributed by atoms with Crippen LogP contribution in [-0.4, -0.2) is 55.9 Å². The van der Waals surface area contributed by atoms with E-state index in [1.807, 2.05) is 6.07 Å². The highest BCUT2D eigenvalue weighted by Crippen LogP contribution is 2.37. The molecule has 2 heterocycles. The number of halogens is 3. The Bertz CT molecular complexity index is 807. The van der Waals surface area contributed by atoms with Gasteiger partial charge in [-0.2, -0.15) is 18.3 Å². The fourth-order valence-electron chi connectivity index (χ4n) is 2.92. The molecule has 0 unspecified atom stereocenters. The number of nitrogens with zero attached hydrogens (tertiary/aromatic N) is 4. The van der Waals surface area contributed by atoms with E-state index in [0.29, 0.717) is 5.82 Å². The molecule has 0 aliphatic carbocycles. The van der Waals surface area contributed by atoms with Crippen LogP contribution in [0.3, 0.4) is 0 Å². The molecule has 2 atom stereocenters. The van der Waals surface area contributed by atoms with Gasteiger partial charge in [0, 0.05) is 18.7 Å². The van der Waals surface area contributed by atoms with Gasteiger partial charge < -0.3 is 10.0 Å². The molecule has 1 aromatic heterocycles. The average Bonchev–Trinajstić information content (AvgIpc) is 3.22. The van der Waals surface area contributed by atoms with E-state index in [-0.39, 0.29) is 6.54 Å². The van der Waals surface area contributed by atoms with Crippen molar-refractivity contribution in [2.24, 2.45) is 11.8 Å². The molecule has 3 rings (SSSR count). The lowest BCUT2D eigenvalue weighted by atomic mass is 9.96. The largest absolute Gasteiger partial charge is 0.481 e. The van der Waals surface area contributed by atoms with Gasteiger partial charge >= 0.3 is 12.1 Å². The van der Waals surface area contributed by atoms with E-state index in [2.05, 4.69) is 10.1 Å². The first-order chi connectivity index (χ1) is 12.3. The molecule has 7 nitrogen and oxygen atoms in total. The van der Waals surface area contributed by atoms with E-state index in [1.54, 1.807) is 24.3 Å². The van der Waals surface area contributed by atoms with Crippen molar-refractivity contribution in [3.63, 3.8) is 0 Å². The van der Waals surface area contributed by atoms with Crippen molar-refractivity contribution in [2.45, 2.75) is 12.7 Å². The number of benzene rings is 1. The molecule has 0 radical (unpaired) electrons. The summed E-state index contributed by atoms with van der Waals surface area (Å²) in [6.45, 7) is -1.45. The summed E-state index contributed by atoms with van der Waals surface area (Å²) in [6.07, 6.45) is -3.36. The third kappa shape index (κ3) is 3.68. The van der Waals surface area contributed by atoms with E-state index < -0.39 is 43.0 Å². The lowest BCUT2D eigenvalue weighted by molar-refractivity contribution is -0.188. The zero-order valence-electron chi connectivity index (χ0n) is 13.4. The van der Waals surface area contributed by atoms with Crippen LogP contribution in [0.25, 0.3) is 11.4 Å². The maximum absolute atomic E-state index is 13.0. The van der Waals surface area contributed by atoms with Crippen molar-refractivity contribution in [3.8, 4) is 11.4 Å². The molecule has 1 aliphatic rings. The second-order valence-electron chi connectivity index (χ2n) is 6.02. The minimum atomic E-state index is -4.67. The molecular formula is C16H15F3N4O3. The van der Waals surface area contributed by atoms with Gasteiger partial charge in [0.15, 0.2) is 5.82 Å². The van der Waals surface area contributed by atoms with Crippen molar-refractivity contribution in [1.82, 2.24) is 19.7 Å². The predicted molar refractivity (Wildman–Crippen MR) is 82.7 cm³/mol. The molecule has 1 fully saturated rings. The Balaban J connectivity index is 1.69. The van der Waals surface area contributed by atoms with Gasteiger partial charge in [0.25, 0.3) is 0 Å². The quantitative estimate of drug-likeness (QED) is 0.887. The zero-order valence-corrected chi connectivity index (χ0v) is 13.4. The molecule has 1 aromatic carbocycles. The van der Waals surface area contributed by atoms with E-state index in [0.717, 1.165) is 10.5 Å². The summed E-state index contributed by atoms with van der Waals surface area (Å²) in [6, 6.07) is 9.00. The Labute approximate surface area is 146 Å². The number of hydrogen-bond donors (Lipinski definition) is 1. The molecule has 2 aromatic rings. The number of amides is 1. The highest BCUT2D eigenvalue weighted by atomic mass is 19.4. The molecule has 1 aliphatic heterocycles. The second-order valence-corrected chi connectivity index (χ2v) is 6.02. The smallest absolute Gasteiger partial charge is 0.394 e. The number of carbonyl (C=O) groups is 2. The number of hydrogen-bond acceptors (Lipinski definition) is 4. The molecule has 0 saturated carbocycles. The normalized spacial score (nSPS) is 20.3. The number of carboxylic acids is 1. The lowest BCUT2D eigenvalue weighted by Gasteiger charge is -2.18. The maximum Gasteiger partial charge on any atom is 0.394 e. The standard InChI is InChI=1S/C16H15F3N4O3/c17-16(18,19)12-7-22(6-11(12)15(25)26)13(24)8-23-9-20-14(21-23)10-4-2-1-3-5-10/h1-5,9,11-12H,6-8H2,(H,25,26)/t11-,12-/m1/s1. The summed E-state index contributed by atoms with van der Waals surface area (Å²) in [5.74, 6) is -5.53. The Morgan fingerprint density at radius 2 is 1.88 bits per heavy atom. The van der Waals surface area contributed by atoms with E-state index in [9.17, 15) is 22.8 Å². The summed E-state index contributed by atoms with van der Waals surface area (Å²) >= 11 is 0. The SMILES string of the molecule is O=C(O)[C@@H]1CN(C(=O)Cn2cnc(-c3ccccc3)n2)C[C@H]1C(F)(F)F. The van der Waals surface area contributed by atoms with Crippen LogP contribution in [0.15, 0.2) is 36.7 Å². The Hall–Kier alpha value is -2.91. The first kappa shape index (κ1) is 17.9. The second kappa shape index (κ2) is 6.77. The highest BCUT2D eigenvalue weighted by molar-refractivity contribution is 5.79. The van der Waals surface area contributed by atoms with E-state index in [4.69, 9.17) is 5.11 Å². The van der Waals surface area contributed by atoms with Crippen molar-refractivity contribution >= 4 is 11.9 Å². The number of aromatic nitrogens is 3. The first-order valence-electron chi connectivity index (χ1n) is 7.78. The lowest BCUT2D eigenvalue weighted by Crippen LogP contribution is -2.34. The summed E-state index contributed by atoms with van der Waals surface area (Å²) in [5, 5.41) is 13.1. The van der Waals surface area contributed by atoms with Crippen LogP contribution in [0, 0.1) is 11.8 Å². The number of alkyl halides is 3. The van der Waals surface area contributed by atoms with Crippen molar-refractivity contribution in [1.29, 1.82) is 0 Å². The zero-order chi connectivity index (χ0) is 18.9. The molecule has 1 saturated heterocycles. The summed E-state index contributed by atoms with van der Waals surface area (Å²) < 4.78 is 40.2. The van der Waals surface area contributed by atoms with Crippen LogP contribution in [-0.2, 0) is 16.1 Å². The van der Waals surface area contributed by atoms with Gasteiger partial charge in [-0.05, 0) is 0 Å². The Morgan fingerprint density at radius 3 is 2.46 bits per heavy atom. The van der Waals surface area contributed by atoms with Gasteiger partial charge in [0.05, 0.1) is 11.8 Å². The Morgan fingerprint density at radius 1 is 1.19 bits per heavy atom. The Kier molecular flexibility index (Phi) is 4.66. The van der Waals surface area contributed by atoms with Gasteiger partial charge in [0.1, 0.15) is 12.9 Å². The van der Waals surface area contributed by atoms with Crippen LogP contribution in [0.1, 0.15) is 0 Å². The van der Waals surface area contributed by atoms with Crippen molar-refractivity contribution in [2.75, 3.05) is 13.1 Å². The predicted octanol–water partition coefficient (Wildman–Crippen LogP) is 1.67. The van der Waals surface area contributed by atoms with E-state index in [1.165, 1.54) is 11.0 Å². The third-order valence-electron chi connectivity index (χ3n) is 4.28. The molecule has 138 valence electrons. The topological polar surface area (TPSA) is 88.3 Å². The molecule has 0 bridgehead atoms. The van der Waals surface area contributed by atoms with Gasteiger partial charge in [-0.15, -0.1) is 0 Å². The summed E-state index contributed by atoms with van der Waals surface area (Å²) in [4.78, 5) is 28.3. The van der Waals surface area contributed by atoms with Crippen LogP contribution in [0.5, 0.6) is 0 Å². The highest BCUT2D eigenvalue weighted by Gasteiger charge is 2.53. The number of rotatable bonds is 4. The van der Waals surface area contributed by atoms with Crippen LogP contribution in [0.4, 0.5) is 13.2 Å². The van der Waals surface area contributed by atoms with Crippen molar-refractivity contribution < 1.29 is 27.9 Å². The van der Waals surface area contributed by atoms with E-state index >= 15 is 0 Å². The van der Waals surface area contributed by atoms with Gasteiger partial charge in [-0.1, -0.05) is 30.3 Å². The molecule has 26 heavy (non-hydrogen) atoms. The third-order valence-corrected chi connectivity index (χ3v) is 4.28. The van der Waals surface area contributed by atoms with Gasteiger partial charge in [0.2, 0.25) is 5.91 Å². The minimum Gasteiger partial charge on any atom is -0.481 e. The maximum atomic E-state index is 13.0. The fraction of sp³-hybridized carbons (Fsp3) is 0.375. The van der Waals surface area contributed by atoms with Crippen LogP contribution >= 0.6 is 0 Å². The number of carboxylic acid groups (broad SMARTS) is 1.